The summed E-state index contributed by atoms with van der Waals surface area (Å²) < 4.78 is 27.2. The Balaban J connectivity index is 2.40. The van der Waals surface area contributed by atoms with Gasteiger partial charge in [-0.1, -0.05) is 39.1 Å². The molecular weight excluding hydrogens is 403 g/mol. The fourth-order valence-electron chi connectivity index (χ4n) is 2.22. The number of halogens is 3. The molecule has 0 spiro atoms. The average Bonchev–Trinajstić information content (AvgIpc) is 2.37. The van der Waals surface area contributed by atoms with Crippen LogP contribution in [0.5, 0.6) is 0 Å². The van der Waals surface area contributed by atoms with E-state index in [0.29, 0.717) is 23.9 Å². The first-order chi connectivity index (χ1) is 9.86. The maximum atomic E-state index is 12.7. The zero-order valence-corrected chi connectivity index (χ0v) is 14.6. The lowest BCUT2D eigenvalue weighted by Gasteiger charge is -2.29. The number of hydrogen-bond donors (Lipinski definition) is 0. The quantitative estimate of drug-likeness (QED) is 0.564. The smallest absolute Gasteiger partial charge is 0.211 e. The Morgan fingerprint density at radius 2 is 1.95 bits per heavy atom. The molecule has 0 bridgehead atoms. The second kappa shape index (κ2) is 6.77. The molecular formula is C12H11BrCl2N2O3S. The SMILES string of the molecule is O=C=NC1CCCN(S(=O)(=O)c2c(Cl)cc(Br)cc2Cl)C1. The molecule has 5 nitrogen and oxygen atoms in total. The van der Waals surface area contributed by atoms with E-state index in [2.05, 4.69) is 20.9 Å². The highest BCUT2D eigenvalue weighted by molar-refractivity contribution is 9.10. The topological polar surface area (TPSA) is 66.8 Å². The second-order valence-electron chi connectivity index (χ2n) is 4.58. The van der Waals surface area contributed by atoms with Crippen LogP contribution >= 0.6 is 39.1 Å². The number of sulfonamides is 1. The molecule has 0 amide bonds. The molecule has 1 unspecified atom stereocenters. The van der Waals surface area contributed by atoms with Crippen LogP contribution < -0.4 is 0 Å². The number of aliphatic imine (C=N–C) groups is 1. The van der Waals surface area contributed by atoms with E-state index < -0.39 is 10.0 Å². The first kappa shape index (κ1) is 16.9. The Bertz CT molecular complexity index is 681. The third-order valence-electron chi connectivity index (χ3n) is 3.16. The van der Waals surface area contributed by atoms with Crippen LogP contribution in [-0.2, 0) is 14.8 Å². The van der Waals surface area contributed by atoms with Crippen LogP contribution in [0.1, 0.15) is 12.8 Å². The zero-order chi connectivity index (χ0) is 15.6. The zero-order valence-electron chi connectivity index (χ0n) is 10.7. The summed E-state index contributed by atoms with van der Waals surface area (Å²) in [5, 5.41) is 0.103. The monoisotopic (exact) mass is 412 g/mol. The molecule has 114 valence electrons. The van der Waals surface area contributed by atoms with Crippen molar-refractivity contribution >= 4 is 55.2 Å². The number of nitrogens with zero attached hydrogens (tertiary/aromatic N) is 2. The van der Waals surface area contributed by atoms with Gasteiger partial charge >= 0.3 is 0 Å². The molecule has 1 aliphatic heterocycles. The van der Waals surface area contributed by atoms with Crippen LogP contribution in [0, 0.1) is 0 Å². The van der Waals surface area contributed by atoms with Gasteiger partial charge in [0, 0.05) is 17.6 Å². The number of hydrogen-bond acceptors (Lipinski definition) is 4. The third kappa shape index (κ3) is 3.67. The van der Waals surface area contributed by atoms with Crippen LogP contribution in [0.4, 0.5) is 0 Å². The second-order valence-corrected chi connectivity index (χ2v) is 8.18. The standard InChI is InChI=1S/C12H11BrCl2N2O3S/c13-8-4-10(14)12(11(15)5-8)21(19,20)17-3-1-2-9(6-17)16-7-18/h4-5,9H,1-3,6H2. The molecule has 0 N–H and O–H groups in total. The van der Waals surface area contributed by atoms with E-state index in [1.54, 1.807) is 0 Å². The van der Waals surface area contributed by atoms with Crippen molar-refractivity contribution in [2.75, 3.05) is 13.1 Å². The molecule has 0 radical (unpaired) electrons. The fourth-order valence-corrected chi connectivity index (χ4v) is 5.62. The first-order valence-electron chi connectivity index (χ1n) is 6.08. The minimum atomic E-state index is -3.83. The van der Waals surface area contributed by atoms with Crippen LogP contribution in [0.2, 0.25) is 10.0 Å². The van der Waals surface area contributed by atoms with E-state index in [-0.39, 0.29) is 27.5 Å². The summed E-state index contributed by atoms with van der Waals surface area (Å²) in [6, 6.07) is 2.58. The van der Waals surface area contributed by atoms with E-state index in [0.717, 1.165) is 0 Å². The molecule has 0 saturated carbocycles. The Morgan fingerprint density at radius 1 is 1.33 bits per heavy atom. The van der Waals surface area contributed by atoms with E-state index in [9.17, 15) is 13.2 Å². The van der Waals surface area contributed by atoms with Crippen molar-refractivity contribution in [2.45, 2.75) is 23.8 Å². The minimum absolute atomic E-state index is 0.0513. The summed E-state index contributed by atoms with van der Waals surface area (Å²) in [6.07, 6.45) is 2.74. The molecule has 2 rings (SSSR count). The van der Waals surface area contributed by atoms with Gasteiger partial charge in [0.1, 0.15) is 4.90 Å². The largest absolute Gasteiger partial charge is 0.246 e. The average molecular weight is 414 g/mol. The number of piperidine rings is 1. The molecule has 0 aliphatic carbocycles. The highest BCUT2D eigenvalue weighted by atomic mass is 79.9. The van der Waals surface area contributed by atoms with Crippen LogP contribution in [0.3, 0.4) is 0 Å². The van der Waals surface area contributed by atoms with Crippen molar-refractivity contribution in [1.29, 1.82) is 0 Å². The third-order valence-corrected chi connectivity index (χ3v) is 6.40. The van der Waals surface area contributed by atoms with E-state index >= 15 is 0 Å². The first-order valence-corrected chi connectivity index (χ1v) is 9.07. The van der Waals surface area contributed by atoms with Gasteiger partial charge in [-0.2, -0.15) is 4.31 Å². The molecule has 1 atom stereocenters. The highest BCUT2D eigenvalue weighted by Crippen LogP contribution is 2.35. The Labute approximate surface area is 141 Å². The summed E-state index contributed by atoms with van der Waals surface area (Å²) in [6.45, 7) is 0.468. The van der Waals surface area contributed by atoms with Crippen LogP contribution in [0.25, 0.3) is 0 Å². The maximum Gasteiger partial charge on any atom is 0.246 e. The Kier molecular flexibility index (Phi) is 5.46. The van der Waals surface area contributed by atoms with Gasteiger partial charge in [-0.25, -0.2) is 18.2 Å². The van der Waals surface area contributed by atoms with Crippen LogP contribution in [0.15, 0.2) is 26.5 Å². The van der Waals surface area contributed by atoms with Gasteiger partial charge in [-0.3, -0.25) is 0 Å². The van der Waals surface area contributed by atoms with Crippen molar-refractivity contribution < 1.29 is 13.2 Å². The lowest BCUT2D eigenvalue weighted by Crippen LogP contribution is -2.41. The fraction of sp³-hybridized carbons (Fsp3) is 0.417. The number of rotatable bonds is 3. The van der Waals surface area contributed by atoms with E-state index in [4.69, 9.17) is 23.2 Å². The molecule has 1 fully saturated rings. The number of carbonyl (C=O) groups excluding carboxylic acids is 1. The van der Waals surface area contributed by atoms with Crippen molar-refractivity contribution in [3.63, 3.8) is 0 Å². The number of benzene rings is 1. The normalized spacial score (nSPS) is 20.0. The van der Waals surface area contributed by atoms with Gasteiger partial charge in [0.25, 0.3) is 0 Å². The number of isocyanates is 1. The van der Waals surface area contributed by atoms with Gasteiger partial charge < -0.3 is 0 Å². The summed E-state index contributed by atoms with van der Waals surface area (Å²) >= 11 is 15.3. The van der Waals surface area contributed by atoms with Gasteiger partial charge in [0.2, 0.25) is 16.1 Å². The van der Waals surface area contributed by atoms with Crippen molar-refractivity contribution in [3.8, 4) is 0 Å². The molecule has 1 aromatic rings. The molecule has 1 saturated heterocycles. The highest BCUT2D eigenvalue weighted by Gasteiger charge is 2.33. The molecule has 0 aromatic heterocycles. The van der Waals surface area contributed by atoms with Crippen molar-refractivity contribution in [3.05, 3.63) is 26.7 Å². The molecule has 1 heterocycles. The Morgan fingerprint density at radius 3 is 2.52 bits per heavy atom. The van der Waals surface area contributed by atoms with Crippen molar-refractivity contribution in [1.82, 2.24) is 4.31 Å². The van der Waals surface area contributed by atoms with E-state index in [1.165, 1.54) is 22.5 Å². The minimum Gasteiger partial charge on any atom is -0.211 e. The van der Waals surface area contributed by atoms with Gasteiger partial charge in [0.05, 0.1) is 16.1 Å². The molecule has 9 heteroatoms. The lowest BCUT2D eigenvalue weighted by molar-refractivity contribution is 0.316. The lowest BCUT2D eigenvalue weighted by atomic mass is 10.1. The predicted octanol–water partition coefficient (Wildman–Crippen LogP) is 3.24. The predicted molar refractivity (Wildman–Crippen MR) is 84.1 cm³/mol. The van der Waals surface area contributed by atoms with Gasteiger partial charge in [-0.15, -0.1) is 0 Å². The van der Waals surface area contributed by atoms with Gasteiger partial charge in [-0.05, 0) is 25.0 Å². The molecule has 1 aliphatic rings. The summed E-state index contributed by atoms with van der Waals surface area (Å²) in [5.74, 6) is 0. The molecule has 1 aromatic carbocycles. The summed E-state index contributed by atoms with van der Waals surface area (Å²) in [7, 11) is -3.83. The molecule has 21 heavy (non-hydrogen) atoms. The van der Waals surface area contributed by atoms with Crippen LogP contribution in [-0.4, -0.2) is 37.9 Å². The van der Waals surface area contributed by atoms with E-state index in [1.807, 2.05) is 0 Å². The summed E-state index contributed by atoms with van der Waals surface area (Å²) in [4.78, 5) is 13.8. The van der Waals surface area contributed by atoms with Gasteiger partial charge in [0.15, 0.2) is 0 Å². The van der Waals surface area contributed by atoms with Crippen molar-refractivity contribution in [2.24, 2.45) is 4.99 Å². The maximum absolute atomic E-state index is 12.7. The summed E-state index contributed by atoms with van der Waals surface area (Å²) in [5.41, 5.74) is 0. The Hall–Kier alpha value is -0.430.